The third-order valence-electron chi connectivity index (χ3n) is 2.92. The fourth-order valence-corrected chi connectivity index (χ4v) is 2.22. The number of aliphatic hydroxyl groups is 1. The molecule has 94 valence electrons. The third-order valence-corrected chi connectivity index (χ3v) is 2.92. The van der Waals surface area contributed by atoms with Gasteiger partial charge in [0.25, 0.3) is 0 Å². The molecule has 0 unspecified atom stereocenters. The molecule has 0 atom stereocenters. The monoisotopic (exact) mass is 228 g/mol. The van der Waals surface area contributed by atoms with E-state index < -0.39 is 5.60 Å². The minimum atomic E-state index is -0.640. The summed E-state index contributed by atoms with van der Waals surface area (Å²) in [6.45, 7) is 8.81. The van der Waals surface area contributed by atoms with Crippen molar-refractivity contribution in [3.63, 3.8) is 0 Å². The Morgan fingerprint density at radius 3 is 2.44 bits per heavy atom. The quantitative estimate of drug-likeness (QED) is 0.741. The normalized spacial score (nSPS) is 19.8. The van der Waals surface area contributed by atoms with Crippen LogP contribution in [0.5, 0.6) is 0 Å². The average Bonchev–Trinajstić information content (AvgIpc) is 2.16. The van der Waals surface area contributed by atoms with Crippen molar-refractivity contribution in [2.75, 3.05) is 26.2 Å². The van der Waals surface area contributed by atoms with E-state index in [1.807, 2.05) is 20.8 Å². The number of hydrogen-bond donors (Lipinski definition) is 2. The molecular formula is C12H24N2O2. The maximum Gasteiger partial charge on any atom is 0.223 e. The highest BCUT2D eigenvalue weighted by Gasteiger charge is 2.27. The maximum absolute atomic E-state index is 11.6. The molecule has 1 saturated heterocycles. The van der Waals surface area contributed by atoms with E-state index in [0.29, 0.717) is 13.1 Å². The topological polar surface area (TPSA) is 52.6 Å². The van der Waals surface area contributed by atoms with Crippen LogP contribution >= 0.6 is 0 Å². The Bertz CT molecular complexity index is 228. The van der Waals surface area contributed by atoms with Crippen LogP contribution in [-0.4, -0.2) is 47.7 Å². The van der Waals surface area contributed by atoms with Gasteiger partial charge in [0.15, 0.2) is 0 Å². The first kappa shape index (κ1) is 13.5. The summed E-state index contributed by atoms with van der Waals surface area (Å²) in [6.07, 6.45) is 1.81. The number of amides is 1. The minimum Gasteiger partial charge on any atom is -0.389 e. The third kappa shape index (κ3) is 4.49. The zero-order chi connectivity index (χ0) is 12.2. The van der Waals surface area contributed by atoms with Gasteiger partial charge in [0.05, 0.1) is 5.60 Å². The molecule has 0 aliphatic carbocycles. The number of β-amino-alcohol motifs (C(OH)–C–C–N with tert-alkyl or cyclic N) is 1. The van der Waals surface area contributed by atoms with Gasteiger partial charge in [-0.25, -0.2) is 0 Å². The van der Waals surface area contributed by atoms with Gasteiger partial charge in [-0.05, 0) is 46.7 Å². The van der Waals surface area contributed by atoms with E-state index in [4.69, 9.17) is 0 Å². The van der Waals surface area contributed by atoms with Crippen LogP contribution in [0.15, 0.2) is 0 Å². The first-order chi connectivity index (χ1) is 7.42. The van der Waals surface area contributed by atoms with E-state index in [0.717, 1.165) is 25.9 Å². The summed E-state index contributed by atoms with van der Waals surface area (Å²) < 4.78 is 0. The molecule has 16 heavy (non-hydrogen) atoms. The van der Waals surface area contributed by atoms with Gasteiger partial charge < -0.3 is 15.3 Å². The van der Waals surface area contributed by atoms with Gasteiger partial charge in [0.2, 0.25) is 5.91 Å². The summed E-state index contributed by atoms with van der Waals surface area (Å²) in [5.41, 5.74) is -0.640. The van der Waals surface area contributed by atoms with Gasteiger partial charge in [0, 0.05) is 19.0 Å². The number of nitrogens with zero attached hydrogens (tertiary/aromatic N) is 1. The first-order valence-electron chi connectivity index (χ1n) is 6.15. The molecule has 1 fully saturated rings. The number of nitrogens with one attached hydrogen (secondary N) is 1. The highest BCUT2D eigenvalue weighted by molar-refractivity contribution is 5.78. The predicted octanol–water partition coefficient (Wildman–Crippen LogP) is 0.605. The highest BCUT2D eigenvalue weighted by Crippen LogP contribution is 2.19. The number of rotatable bonds is 4. The second-order valence-corrected chi connectivity index (χ2v) is 5.26. The number of hydrogen-bond acceptors (Lipinski definition) is 3. The number of likely N-dealkylation sites (tertiary alicyclic amines) is 1. The lowest BCUT2D eigenvalue weighted by Gasteiger charge is -2.34. The van der Waals surface area contributed by atoms with Crippen LogP contribution in [0.4, 0.5) is 0 Å². The first-order valence-corrected chi connectivity index (χ1v) is 6.15. The standard InChI is InChI=1S/C12H24N2O2/c1-4-13-11(15)10-5-7-14(8-6-10)9-12(2,3)16/h10,16H,4-9H2,1-3H3,(H,13,15). The van der Waals surface area contributed by atoms with Crippen LogP contribution in [0.2, 0.25) is 0 Å². The van der Waals surface area contributed by atoms with E-state index in [9.17, 15) is 9.90 Å². The molecule has 0 aromatic rings. The van der Waals surface area contributed by atoms with E-state index in [-0.39, 0.29) is 11.8 Å². The smallest absolute Gasteiger partial charge is 0.223 e. The molecule has 1 amide bonds. The lowest BCUT2D eigenvalue weighted by atomic mass is 9.95. The molecule has 0 spiro atoms. The molecule has 0 radical (unpaired) electrons. The van der Waals surface area contributed by atoms with E-state index in [2.05, 4.69) is 10.2 Å². The lowest BCUT2D eigenvalue weighted by molar-refractivity contribution is -0.126. The Kier molecular flexibility index (Phi) is 4.74. The maximum atomic E-state index is 11.6. The summed E-state index contributed by atoms with van der Waals surface area (Å²) in [5, 5.41) is 12.6. The van der Waals surface area contributed by atoms with Crippen molar-refractivity contribution in [3.8, 4) is 0 Å². The van der Waals surface area contributed by atoms with Gasteiger partial charge in [-0.2, -0.15) is 0 Å². The van der Waals surface area contributed by atoms with Gasteiger partial charge in [-0.1, -0.05) is 0 Å². The molecule has 1 heterocycles. The Balaban J connectivity index is 2.31. The molecule has 4 heteroatoms. The summed E-state index contributed by atoms with van der Waals surface area (Å²) in [6, 6.07) is 0. The molecule has 0 aromatic carbocycles. The van der Waals surface area contributed by atoms with Crippen LogP contribution < -0.4 is 5.32 Å². The van der Waals surface area contributed by atoms with Crippen LogP contribution in [0.1, 0.15) is 33.6 Å². The molecule has 1 aliphatic rings. The Morgan fingerprint density at radius 2 is 2.00 bits per heavy atom. The second-order valence-electron chi connectivity index (χ2n) is 5.26. The van der Waals surface area contributed by atoms with Crippen molar-refractivity contribution < 1.29 is 9.90 Å². The van der Waals surface area contributed by atoms with Gasteiger partial charge in [-0.15, -0.1) is 0 Å². The van der Waals surface area contributed by atoms with Gasteiger partial charge in [0.1, 0.15) is 0 Å². The van der Waals surface area contributed by atoms with Crippen molar-refractivity contribution in [1.29, 1.82) is 0 Å². The molecule has 4 nitrogen and oxygen atoms in total. The molecule has 0 saturated carbocycles. The van der Waals surface area contributed by atoms with Crippen molar-refractivity contribution >= 4 is 5.91 Å². The Labute approximate surface area is 98.0 Å². The van der Waals surface area contributed by atoms with Gasteiger partial charge >= 0.3 is 0 Å². The van der Waals surface area contributed by atoms with Crippen LogP contribution in [0.3, 0.4) is 0 Å². The predicted molar refractivity (Wildman–Crippen MR) is 64.1 cm³/mol. The molecular weight excluding hydrogens is 204 g/mol. The Hall–Kier alpha value is -0.610. The van der Waals surface area contributed by atoms with Crippen molar-refractivity contribution in [1.82, 2.24) is 10.2 Å². The summed E-state index contributed by atoms with van der Waals surface area (Å²) >= 11 is 0. The van der Waals surface area contributed by atoms with Crippen LogP contribution in [0, 0.1) is 5.92 Å². The minimum absolute atomic E-state index is 0.165. The number of piperidine rings is 1. The summed E-state index contributed by atoms with van der Waals surface area (Å²) in [4.78, 5) is 13.8. The molecule has 2 N–H and O–H groups in total. The second kappa shape index (κ2) is 5.64. The van der Waals surface area contributed by atoms with Gasteiger partial charge in [-0.3, -0.25) is 4.79 Å². The van der Waals surface area contributed by atoms with Crippen LogP contribution in [0.25, 0.3) is 0 Å². The summed E-state index contributed by atoms with van der Waals surface area (Å²) in [7, 11) is 0. The molecule has 0 bridgehead atoms. The zero-order valence-electron chi connectivity index (χ0n) is 10.6. The fraction of sp³-hybridized carbons (Fsp3) is 0.917. The summed E-state index contributed by atoms with van der Waals surface area (Å²) in [5.74, 6) is 0.350. The molecule has 0 aromatic heterocycles. The van der Waals surface area contributed by atoms with E-state index in [1.54, 1.807) is 0 Å². The van der Waals surface area contributed by atoms with E-state index in [1.165, 1.54) is 0 Å². The largest absolute Gasteiger partial charge is 0.389 e. The van der Waals surface area contributed by atoms with Crippen molar-refractivity contribution in [3.05, 3.63) is 0 Å². The Morgan fingerprint density at radius 1 is 1.44 bits per heavy atom. The van der Waals surface area contributed by atoms with Crippen molar-refractivity contribution in [2.45, 2.75) is 39.2 Å². The average molecular weight is 228 g/mol. The number of carbonyl (C=O) groups excluding carboxylic acids is 1. The lowest BCUT2D eigenvalue weighted by Crippen LogP contribution is -2.45. The fourth-order valence-electron chi connectivity index (χ4n) is 2.22. The highest BCUT2D eigenvalue weighted by atomic mass is 16.3. The zero-order valence-corrected chi connectivity index (χ0v) is 10.6. The molecule has 1 rings (SSSR count). The molecule has 1 aliphatic heterocycles. The number of carbonyl (C=O) groups is 1. The SMILES string of the molecule is CCNC(=O)C1CCN(CC(C)(C)O)CC1. The van der Waals surface area contributed by atoms with Crippen LogP contribution in [-0.2, 0) is 4.79 Å². The van der Waals surface area contributed by atoms with E-state index >= 15 is 0 Å². The van der Waals surface area contributed by atoms with Crippen molar-refractivity contribution in [2.24, 2.45) is 5.92 Å².